The van der Waals surface area contributed by atoms with Gasteiger partial charge < -0.3 is 14.4 Å². The molecule has 2 unspecified atom stereocenters. The van der Waals surface area contributed by atoms with Gasteiger partial charge >= 0.3 is 6.09 Å². The third-order valence-electron chi connectivity index (χ3n) is 4.04. The number of methoxy groups -OCH3 is 1. The normalized spacial score (nSPS) is 21.5. The van der Waals surface area contributed by atoms with Crippen LogP contribution in [0.2, 0.25) is 0 Å². The van der Waals surface area contributed by atoms with Gasteiger partial charge in [0.15, 0.2) is 0 Å². The lowest BCUT2D eigenvalue weighted by molar-refractivity contribution is 0.0357. The predicted molar refractivity (Wildman–Crippen MR) is 87.4 cm³/mol. The molecule has 1 fully saturated rings. The highest BCUT2D eigenvalue weighted by atomic mass is 16.6. The molecule has 1 aliphatic rings. The van der Waals surface area contributed by atoms with Gasteiger partial charge in [-0.15, -0.1) is 0 Å². The Morgan fingerprint density at radius 1 is 1.27 bits per heavy atom. The summed E-state index contributed by atoms with van der Waals surface area (Å²) in [5.41, 5.74) is 0.634. The molecule has 1 N–H and O–H groups in total. The van der Waals surface area contributed by atoms with E-state index in [-0.39, 0.29) is 6.10 Å². The summed E-state index contributed by atoms with van der Waals surface area (Å²) in [5.74, 6) is 1.04. The van der Waals surface area contributed by atoms with Gasteiger partial charge in [-0.3, -0.25) is 5.32 Å². The molecule has 1 aromatic carbocycles. The topological polar surface area (TPSA) is 50.8 Å². The molecule has 0 aliphatic heterocycles. The number of carbonyl (C=O) groups is 1. The zero-order valence-electron chi connectivity index (χ0n) is 13.7. The Bertz CT molecular complexity index is 491. The number of nitrogens with one attached hydrogen (secondary N) is 1. The van der Waals surface area contributed by atoms with Gasteiger partial charge in [-0.05, 0) is 45.5 Å². The molecule has 0 saturated heterocycles. The van der Waals surface area contributed by atoms with Crippen molar-refractivity contribution in [3.63, 3.8) is 0 Å². The smallest absolute Gasteiger partial charge is 0.412 e. The second-order valence-electron chi connectivity index (χ2n) is 6.08. The largest absolute Gasteiger partial charge is 0.495 e. The van der Waals surface area contributed by atoms with Gasteiger partial charge in [-0.2, -0.15) is 0 Å². The standard InChI is InChI=1S/C17H26N2O3/c1-19(2)12-13-8-4-6-10-15(13)22-17(20)18-14-9-5-7-11-16(14)21-3/h5,7,9,11,13,15H,4,6,8,10,12H2,1-3H3,(H,18,20). The number of nitrogens with zero attached hydrogens (tertiary/aromatic N) is 1. The number of ether oxygens (including phenoxy) is 2. The number of amides is 1. The summed E-state index contributed by atoms with van der Waals surface area (Å²) >= 11 is 0. The van der Waals surface area contributed by atoms with Crippen LogP contribution in [0.3, 0.4) is 0 Å². The van der Waals surface area contributed by atoms with Crippen LogP contribution in [0.4, 0.5) is 10.5 Å². The summed E-state index contributed by atoms with van der Waals surface area (Å²) in [4.78, 5) is 14.3. The second kappa shape index (κ2) is 8.03. The molecule has 0 spiro atoms. The van der Waals surface area contributed by atoms with Crippen molar-refractivity contribution in [3.05, 3.63) is 24.3 Å². The lowest BCUT2D eigenvalue weighted by Gasteiger charge is -2.32. The summed E-state index contributed by atoms with van der Waals surface area (Å²) in [7, 11) is 5.70. The molecule has 1 amide bonds. The van der Waals surface area contributed by atoms with E-state index in [1.165, 1.54) is 6.42 Å². The first-order chi connectivity index (χ1) is 10.6. The fourth-order valence-corrected chi connectivity index (χ4v) is 3.03. The van der Waals surface area contributed by atoms with E-state index in [9.17, 15) is 4.79 Å². The molecule has 0 bridgehead atoms. The van der Waals surface area contributed by atoms with Crippen molar-refractivity contribution in [2.75, 3.05) is 33.1 Å². The molecule has 2 atom stereocenters. The van der Waals surface area contributed by atoms with Crippen LogP contribution in [-0.4, -0.2) is 44.8 Å². The Morgan fingerprint density at radius 2 is 2.00 bits per heavy atom. The molecule has 1 aromatic rings. The van der Waals surface area contributed by atoms with Crippen LogP contribution in [0.25, 0.3) is 0 Å². The van der Waals surface area contributed by atoms with Crippen molar-refractivity contribution in [2.45, 2.75) is 31.8 Å². The fraction of sp³-hybridized carbons (Fsp3) is 0.588. The Balaban J connectivity index is 1.95. The third kappa shape index (κ3) is 4.63. The van der Waals surface area contributed by atoms with Crippen molar-refractivity contribution >= 4 is 11.8 Å². The number of hydrogen-bond donors (Lipinski definition) is 1. The van der Waals surface area contributed by atoms with E-state index in [1.54, 1.807) is 13.2 Å². The van der Waals surface area contributed by atoms with Gasteiger partial charge in [0.25, 0.3) is 0 Å². The van der Waals surface area contributed by atoms with Crippen molar-refractivity contribution in [3.8, 4) is 5.75 Å². The highest BCUT2D eigenvalue weighted by Gasteiger charge is 2.28. The maximum atomic E-state index is 12.2. The van der Waals surface area contributed by atoms with Crippen molar-refractivity contribution < 1.29 is 14.3 Å². The fourth-order valence-electron chi connectivity index (χ4n) is 3.03. The average molecular weight is 306 g/mol. The highest BCUT2D eigenvalue weighted by molar-refractivity contribution is 5.86. The van der Waals surface area contributed by atoms with Crippen LogP contribution in [0, 0.1) is 5.92 Å². The number of hydrogen-bond acceptors (Lipinski definition) is 4. The van der Waals surface area contributed by atoms with E-state index < -0.39 is 6.09 Å². The SMILES string of the molecule is COc1ccccc1NC(=O)OC1CCCCC1CN(C)C. The summed E-state index contributed by atoms with van der Waals surface area (Å²) in [6, 6.07) is 7.33. The Labute approximate surface area is 132 Å². The Kier molecular flexibility index (Phi) is 6.07. The van der Waals surface area contributed by atoms with E-state index in [4.69, 9.17) is 9.47 Å². The lowest BCUT2D eigenvalue weighted by atomic mass is 9.86. The van der Waals surface area contributed by atoms with Crippen LogP contribution in [-0.2, 0) is 4.74 Å². The van der Waals surface area contributed by atoms with E-state index in [1.807, 2.05) is 18.2 Å². The third-order valence-corrected chi connectivity index (χ3v) is 4.04. The number of anilines is 1. The highest BCUT2D eigenvalue weighted by Crippen LogP contribution is 2.28. The van der Waals surface area contributed by atoms with Gasteiger partial charge in [0, 0.05) is 12.5 Å². The molecule has 122 valence electrons. The summed E-state index contributed by atoms with van der Waals surface area (Å²) in [6.07, 6.45) is 3.98. The number of rotatable bonds is 5. The molecule has 2 rings (SSSR count). The van der Waals surface area contributed by atoms with Crippen molar-refractivity contribution in [2.24, 2.45) is 5.92 Å². The van der Waals surface area contributed by atoms with Gasteiger partial charge in [0.05, 0.1) is 12.8 Å². The van der Waals surface area contributed by atoms with E-state index in [0.29, 0.717) is 17.4 Å². The summed E-state index contributed by atoms with van der Waals surface area (Å²) in [5, 5.41) is 2.78. The first kappa shape index (κ1) is 16.6. The minimum absolute atomic E-state index is 0.00847. The zero-order chi connectivity index (χ0) is 15.9. The van der Waals surface area contributed by atoms with Crippen LogP contribution in [0.15, 0.2) is 24.3 Å². The summed E-state index contributed by atoms with van der Waals surface area (Å²) < 4.78 is 10.9. The average Bonchev–Trinajstić information content (AvgIpc) is 2.49. The van der Waals surface area contributed by atoms with Gasteiger partial charge in [-0.1, -0.05) is 18.6 Å². The van der Waals surface area contributed by atoms with E-state index in [2.05, 4.69) is 24.3 Å². The minimum Gasteiger partial charge on any atom is -0.495 e. The second-order valence-corrected chi connectivity index (χ2v) is 6.08. The maximum Gasteiger partial charge on any atom is 0.412 e. The number of carbonyl (C=O) groups excluding carboxylic acids is 1. The Hall–Kier alpha value is -1.75. The molecule has 1 saturated carbocycles. The molecule has 0 aromatic heterocycles. The minimum atomic E-state index is -0.403. The number of benzene rings is 1. The van der Waals surface area contributed by atoms with Gasteiger partial charge in [-0.25, -0.2) is 4.79 Å². The van der Waals surface area contributed by atoms with Crippen LogP contribution in [0.1, 0.15) is 25.7 Å². The lowest BCUT2D eigenvalue weighted by Crippen LogP contribution is -2.37. The molecule has 0 radical (unpaired) electrons. The molecule has 5 nitrogen and oxygen atoms in total. The first-order valence-corrected chi connectivity index (χ1v) is 7.85. The van der Waals surface area contributed by atoms with Crippen LogP contribution < -0.4 is 10.1 Å². The molecular formula is C17H26N2O3. The van der Waals surface area contributed by atoms with Crippen molar-refractivity contribution in [1.82, 2.24) is 4.90 Å². The van der Waals surface area contributed by atoms with Crippen LogP contribution in [0.5, 0.6) is 5.75 Å². The maximum absolute atomic E-state index is 12.2. The quantitative estimate of drug-likeness (QED) is 0.906. The molecule has 0 heterocycles. The van der Waals surface area contributed by atoms with E-state index >= 15 is 0 Å². The Morgan fingerprint density at radius 3 is 2.73 bits per heavy atom. The predicted octanol–water partition coefficient (Wildman–Crippen LogP) is 3.36. The first-order valence-electron chi connectivity index (χ1n) is 7.85. The zero-order valence-corrected chi connectivity index (χ0v) is 13.7. The van der Waals surface area contributed by atoms with Gasteiger partial charge in [0.1, 0.15) is 11.9 Å². The molecule has 22 heavy (non-hydrogen) atoms. The van der Waals surface area contributed by atoms with E-state index in [0.717, 1.165) is 25.8 Å². The number of para-hydroxylation sites is 2. The van der Waals surface area contributed by atoms with Gasteiger partial charge in [0.2, 0.25) is 0 Å². The van der Waals surface area contributed by atoms with Crippen LogP contribution >= 0.6 is 0 Å². The van der Waals surface area contributed by atoms with Crippen molar-refractivity contribution in [1.29, 1.82) is 0 Å². The molecule has 1 aliphatic carbocycles. The molecular weight excluding hydrogens is 280 g/mol. The monoisotopic (exact) mass is 306 g/mol. The summed E-state index contributed by atoms with van der Waals surface area (Å²) in [6.45, 7) is 0.951. The molecule has 5 heteroatoms.